The fourth-order valence-corrected chi connectivity index (χ4v) is 3.32. The van der Waals surface area contributed by atoms with Gasteiger partial charge in [-0.05, 0) is 18.9 Å². The van der Waals surface area contributed by atoms with Crippen molar-refractivity contribution in [1.82, 2.24) is 5.32 Å². The van der Waals surface area contributed by atoms with Gasteiger partial charge in [-0.15, -0.1) is 0 Å². The van der Waals surface area contributed by atoms with Crippen LogP contribution in [0, 0.1) is 11.7 Å². The van der Waals surface area contributed by atoms with E-state index in [1.807, 2.05) is 13.1 Å². The molecule has 0 bridgehead atoms. The normalized spacial score (nSPS) is 18.7. The fourth-order valence-electron chi connectivity index (χ4n) is 3.32. The molecular weight excluding hydrogens is 283 g/mol. The lowest BCUT2D eigenvalue weighted by Crippen LogP contribution is -2.40. The second-order valence-corrected chi connectivity index (χ2v) is 6.04. The van der Waals surface area contributed by atoms with Crippen molar-refractivity contribution in [3.63, 3.8) is 0 Å². The van der Waals surface area contributed by atoms with Crippen LogP contribution in [0.4, 0.5) is 21.5 Å². The van der Waals surface area contributed by atoms with Crippen molar-refractivity contribution in [2.24, 2.45) is 5.92 Å². The number of benzene rings is 1. The highest BCUT2D eigenvalue weighted by Gasteiger charge is 2.27. The van der Waals surface area contributed by atoms with Gasteiger partial charge in [0.15, 0.2) is 0 Å². The van der Waals surface area contributed by atoms with Crippen molar-refractivity contribution < 1.29 is 9.18 Å². The third-order valence-corrected chi connectivity index (χ3v) is 4.69. The van der Waals surface area contributed by atoms with Crippen molar-refractivity contribution in [3.05, 3.63) is 17.9 Å². The fraction of sp³-hybridized carbons (Fsp3) is 0.562. The molecule has 6 heteroatoms. The van der Waals surface area contributed by atoms with Crippen LogP contribution in [0.15, 0.2) is 12.1 Å². The molecule has 3 rings (SSSR count). The smallest absolute Gasteiger partial charge is 0.222 e. The molecule has 120 valence electrons. The van der Waals surface area contributed by atoms with Crippen LogP contribution in [-0.2, 0) is 4.79 Å². The zero-order valence-corrected chi connectivity index (χ0v) is 13.2. The Balaban J connectivity index is 1.78. The Morgan fingerprint density at radius 1 is 1.27 bits per heavy atom. The summed E-state index contributed by atoms with van der Waals surface area (Å²) in [6.07, 6.45) is 1.54. The highest BCUT2D eigenvalue weighted by molar-refractivity contribution is 5.79. The molecule has 1 aromatic rings. The average molecular weight is 306 g/mol. The SMILES string of the molecule is CNC(=O)C1CCN(c2cc3c(cc2F)NCCN3C)CC1. The Bertz CT molecular complexity index is 570. The minimum Gasteiger partial charge on any atom is -0.382 e. The van der Waals surface area contributed by atoms with E-state index in [2.05, 4.69) is 20.4 Å². The molecule has 0 saturated carbocycles. The average Bonchev–Trinajstić information content (AvgIpc) is 2.54. The Morgan fingerprint density at radius 3 is 2.68 bits per heavy atom. The number of fused-ring (bicyclic) bond motifs is 1. The van der Waals surface area contributed by atoms with E-state index in [-0.39, 0.29) is 17.6 Å². The third kappa shape index (κ3) is 2.69. The summed E-state index contributed by atoms with van der Waals surface area (Å²) in [5.41, 5.74) is 2.54. The maximum absolute atomic E-state index is 14.4. The first kappa shape index (κ1) is 14.9. The predicted octanol–water partition coefficient (Wildman–Crippen LogP) is 1.65. The number of likely N-dealkylation sites (N-methyl/N-ethyl adjacent to an activating group) is 1. The molecule has 1 saturated heterocycles. The molecule has 0 atom stereocenters. The van der Waals surface area contributed by atoms with Gasteiger partial charge in [0, 0.05) is 52.3 Å². The third-order valence-electron chi connectivity index (χ3n) is 4.69. The molecule has 0 aliphatic carbocycles. The summed E-state index contributed by atoms with van der Waals surface area (Å²) in [5, 5.41) is 5.94. The number of amides is 1. The van der Waals surface area contributed by atoms with Crippen LogP contribution in [-0.4, -0.2) is 46.2 Å². The van der Waals surface area contributed by atoms with E-state index in [4.69, 9.17) is 0 Å². The largest absolute Gasteiger partial charge is 0.382 e. The minimum atomic E-state index is -0.194. The molecule has 2 heterocycles. The highest BCUT2D eigenvalue weighted by atomic mass is 19.1. The van der Waals surface area contributed by atoms with E-state index in [0.29, 0.717) is 18.8 Å². The Kier molecular flexibility index (Phi) is 4.09. The maximum atomic E-state index is 14.4. The first-order valence-electron chi connectivity index (χ1n) is 7.85. The van der Waals surface area contributed by atoms with Crippen LogP contribution < -0.4 is 20.4 Å². The molecule has 1 aromatic carbocycles. The number of hydrogen-bond donors (Lipinski definition) is 2. The van der Waals surface area contributed by atoms with Crippen molar-refractivity contribution in [1.29, 1.82) is 0 Å². The molecule has 2 N–H and O–H groups in total. The molecule has 2 aliphatic heterocycles. The summed E-state index contributed by atoms with van der Waals surface area (Å²) in [7, 11) is 3.69. The number of rotatable bonds is 2. The number of anilines is 3. The van der Waals surface area contributed by atoms with E-state index in [1.165, 1.54) is 0 Å². The van der Waals surface area contributed by atoms with Crippen LogP contribution >= 0.6 is 0 Å². The quantitative estimate of drug-likeness (QED) is 0.872. The standard InChI is InChI=1S/C16H23FN4O/c1-18-16(22)11-3-6-21(7-4-11)14-10-15-13(9-12(14)17)19-5-8-20(15)2/h9-11,19H,3-8H2,1-2H3,(H,18,22). The number of halogens is 1. The van der Waals surface area contributed by atoms with Crippen molar-refractivity contribution >= 4 is 23.0 Å². The number of nitrogens with zero attached hydrogens (tertiary/aromatic N) is 2. The van der Waals surface area contributed by atoms with Gasteiger partial charge in [-0.2, -0.15) is 0 Å². The molecule has 1 fully saturated rings. The van der Waals surface area contributed by atoms with Crippen molar-refractivity contribution in [2.45, 2.75) is 12.8 Å². The first-order chi connectivity index (χ1) is 10.6. The monoisotopic (exact) mass is 306 g/mol. The van der Waals surface area contributed by atoms with Crippen LogP contribution in [0.1, 0.15) is 12.8 Å². The molecular formula is C16H23FN4O. The second kappa shape index (κ2) is 6.02. The van der Waals surface area contributed by atoms with E-state index < -0.39 is 0 Å². The summed E-state index contributed by atoms with van der Waals surface area (Å²) in [4.78, 5) is 15.9. The molecule has 0 radical (unpaired) electrons. The molecule has 0 aromatic heterocycles. The zero-order chi connectivity index (χ0) is 15.7. The number of carbonyl (C=O) groups is 1. The van der Waals surface area contributed by atoms with E-state index in [1.54, 1.807) is 13.1 Å². The molecule has 0 spiro atoms. The zero-order valence-electron chi connectivity index (χ0n) is 13.2. The van der Waals surface area contributed by atoms with Gasteiger partial charge in [0.2, 0.25) is 5.91 Å². The minimum absolute atomic E-state index is 0.0475. The Labute approximate surface area is 130 Å². The first-order valence-corrected chi connectivity index (χ1v) is 7.85. The maximum Gasteiger partial charge on any atom is 0.222 e. The predicted molar refractivity (Wildman–Crippen MR) is 87.2 cm³/mol. The Hall–Kier alpha value is -1.98. The van der Waals surface area contributed by atoms with Crippen molar-refractivity contribution in [2.75, 3.05) is 55.4 Å². The van der Waals surface area contributed by atoms with Gasteiger partial charge < -0.3 is 20.4 Å². The van der Waals surface area contributed by atoms with E-state index in [0.717, 1.165) is 37.3 Å². The van der Waals surface area contributed by atoms with Gasteiger partial charge in [-0.3, -0.25) is 4.79 Å². The molecule has 2 aliphatic rings. The molecule has 0 unspecified atom stereocenters. The van der Waals surface area contributed by atoms with Gasteiger partial charge >= 0.3 is 0 Å². The van der Waals surface area contributed by atoms with Gasteiger partial charge in [0.25, 0.3) is 0 Å². The summed E-state index contributed by atoms with van der Waals surface area (Å²) in [6, 6.07) is 3.52. The van der Waals surface area contributed by atoms with Gasteiger partial charge in [0.1, 0.15) is 5.82 Å². The van der Waals surface area contributed by atoms with E-state index >= 15 is 0 Å². The highest BCUT2D eigenvalue weighted by Crippen LogP contribution is 2.36. The second-order valence-electron chi connectivity index (χ2n) is 6.04. The van der Waals surface area contributed by atoms with Crippen LogP contribution in [0.5, 0.6) is 0 Å². The van der Waals surface area contributed by atoms with Gasteiger partial charge in [-0.1, -0.05) is 0 Å². The number of piperidine rings is 1. The van der Waals surface area contributed by atoms with Crippen LogP contribution in [0.3, 0.4) is 0 Å². The van der Waals surface area contributed by atoms with Crippen molar-refractivity contribution in [3.8, 4) is 0 Å². The lowest BCUT2D eigenvalue weighted by Gasteiger charge is -2.35. The summed E-state index contributed by atoms with van der Waals surface area (Å²) < 4.78 is 14.4. The summed E-state index contributed by atoms with van der Waals surface area (Å²) >= 11 is 0. The number of nitrogens with one attached hydrogen (secondary N) is 2. The lowest BCUT2D eigenvalue weighted by molar-refractivity contribution is -0.125. The Morgan fingerprint density at radius 2 is 2.00 bits per heavy atom. The van der Waals surface area contributed by atoms with Gasteiger partial charge in [0.05, 0.1) is 17.1 Å². The topological polar surface area (TPSA) is 47.6 Å². The van der Waals surface area contributed by atoms with Crippen LogP contribution in [0.2, 0.25) is 0 Å². The number of carbonyl (C=O) groups excluding carboxylic acids is 1. The van der Waals surface area contributed by atoms with E-state index in [9.17, 15) is 9.18 Å². The summed E-state index contributed by atoms with van der Waals surface area (Å²) in [6.45, 7) is 3.17. The van der Waals surface area contributed by atoms with Gasteiger partial charge in [-0.25, -0.2) is 4.39 Å². The summed E-state index contributed by atoms with van der Waals surface area (Å²) in [5.74, 6) is -0.0549. The number of hydrogen-bond acceptors (Lipinski definition) is 4. The molecule has 5 nitrogen and oxygen atoms in total. The van der Waals surface area contributed by atoms with Crippen LogP contribution in [0.25, 0.3) is 0 Å². The molecule has 22 heavy (non-hydrogen) atoms. The lowest BCUT2D eigenvalue weighted by atomic mass is 9.95. The molecule has 1 amide bonds.